The molecule has 0 saturated carbocycles. The fourth-order valence-corrected chi connectivity index (χ4v) is 4.77. The number of hydrogen-bond donors (Lipinski definition) is 6. The number of carboxylic acid groups (broad SMARTS) is 1. The Kier molecular flexibility index (Phi) is 18.5. The van der Waals surface area contributed by atoms with E-state index < -0.39 is 94.9 Å². The van der Waals surface area contributed by atoms with Crippen LogP contribution >= 0.6 is 0 Å². The van der Waals surface area contributed by atoms with Crippen molar-refractivity contribution in [2.75, 3.05) is 20.3 Å². The molecular weight excluding hydrogens is 702 g/mol. The largest absolute Gasteiger partial charge is 0.488 e. The molecule has 1 rings (SSSR count). The average Bonchev–Trinajstić information content (AvgIpc) is 3.02. The van der Waals surface area contributed by atoms with Gasteiger partial charge in [-0.25, -0.2) is 4.79 Å². The molecule has 1 aromatic rings. The van der Waals surface area contributed by atoms with Gasteiger partial charge in [0.2, 0.25) is 23.6 Å². The number of methoxy groups -OCH3 is 1. The van der Waals surface area contributed by atoms with Crippen molar-refractivity contribution in [3.63, 3.8) is 0 Å². The number of benzene rings is 1. The normalized spacial score (nSPS) is 15.4. The van der Waals surface area contributed by atoms with Crippen LogP contribution in [-0.2, 0) is 49.4 Å². The molecule has 0 aliphatic rings. The molecule has 306 valence electrons. The Labute approximate surface area is 319 Å². The number of rotatable bonds is 20. The van der Waals surface area contributed by atoms with Crippen LogP contribution in [0.1, 0.15) is 94.6 Å². The molecule has 0 radical (unpaired) electrons. The molecule has 0 fully saturated rings. The van der Waals surface area contributed by atoms with Gasteiger partial charge < -0.3 is 51.1 Å². The molecule has 0 bridgehead atoms. The number of carbonyl (C=O) groups is 6. The summed E-state index contributed by atoms with van der Waals surface area (Å²) < 4.78 is 22.0. The zero-order valence-corrected chi connectivity index (χ0v) is 33.9. The summed E-state index contributed by atoms with van der Waals surface area (Å²) in [4.78, 5) is 78.7. The Bertz CT molecular complexity index is 1410. The van der Waals surface area contributed by atoms with Crippen LogP contribution < -0.4 is 31.7 Å². The van der Waals surface area contributed by atoms with Crippen molar-refractivity contribution in [2.45, 2.75) is 142 Å². The van der Waals surface area contributed by atoms with E-state index in [9.17, 15) is 33.9 Å². The maximum absolute atomic E-state index is 14.0. The molecular formula is C38H63N5O11. The fourth-order valence-electron chi connectivity index (χ4n) is 4.77. The summed E-state index contributed by atoms with van der Waals surface area (Å²) >= 11 is 0. The zero-order valence-electron chi connectivity index (χ0n) is 33.9. The molecule has 54 heavy (non-hydrogen) atoms. The SMILES string of the molecule is CC[C@H](C)[C@H](NC(=O)[C@H](COC(C)(C)C)NC(=O)[C@H](Cc1ccc(OC(C)(C)C)cc1)NC(=O)[C@@H](N)CC(=O)OC(C)(C)C)C(=O)N[C@H](COC)C(=O)O. The van der Waals surface area contributed by atoms with Gasteiger partial charge in [-0.05, 0) is 85.9 Å². The highest BCUT2D eigenvalue weighted by Crippen LogP contribution is 2.20. The minimum atomic E-state index is -1.37. The van der Waals surface area contributed by atoms with E-state index in [0.717, 1.165) is 0 Å². The Morgan fingerprint density at radius 3 is 1.74 bits per heavy atom. The van der Waals surface area contributed by atoms with Gasteiger partial charge in [-0.3, -0.25) is 24.0 Å². The molecule has 0 aromatic heterocycles. The Hall–Kier alpha value is -4.28. The number of esters is 1. The van der Waals surface area contributed by atoms with E-state index in [1.165, 1.54) is 7.11 Å². The monoisotopic (exact) mass is 765 g/mol. The predicted octanol–water partition coefficient (Wildman–Crippen LogP) is 2.00. The zero-order chi connectivity index (χ0) is 41.6. The van der Waals surface area contributed by atoms with Gasteiger partial charge in [0.05, 0.1) is 31.3 Å². The van der Waals surface area contributed by atoms with Gasteiger partial charge in [-0.2, -0.15) is 0 Å². The number of nitrogens with one attached hydrogen (secondary N) is 4. The van der Waals surface area contributed by atoms with Crippen molar-refractivity contribution in [3.8, 4) is 5.75 Å². The second-order valence-corrected chi connectivity index (χ2v) is 16.2. The number of carboxylic acids is 1. The fraction of sp³-hybridized carbons (Fsp3) is 0.684. The minimum Gasteiger partial charge on any atom is -0.488 e. The van der Waals surface area contributed by atoms with E-state index >= 15 is 0 Å². The third-order valence-electron chi connectivity index (χ3n) is 7.62. The standard InChI is InChI=1S/C38H63N5O11/c1-13-22(2)30(34(48)42-28(20-51-12)35(49)50)43-33(47)27(21-52-36(3,4)5)41-32(46)26(18-23-14-16-24(17-15-23)53-37(6,7)8)40-31(45)25(39)19-29(44)54-38(9,10)11/h14-17,22,25-28,30H,13,18-21,39H2,1-12H3,(H,40,45)(H,41,46)(H,42,48)(H,43,47)(H,49,50)/t22-,25-,26-,27-,28+,30-/m0/s1. The van der Waals surface area contributed by atoms with E-state index in [1.54, 1.807) is 79.7 Å². The number of aliphatic carboxylic acids is 1. The third kappa shape index (κ3) is 18.7. The first-order chi connectivity index (χ1) is 24.7. The summed E-state index contributed by atoms with van der Waals surface area (Å²) in [5.41, 5.74) is 4.69. The van der Waals surface area contributed by atoms with Gasteiger partial charge in [0.25, 0.3) is 0 Å². The summed E-state index contributed by atoms with van der Waals surface area (Å²) in [6.45, 7) is 18.9. The number of hydrogen-bond acceptors (Lipinski definition) is 11. The maximum atomic E-state index is 14.0. The molecule has 0 spiro atoms. The Balaban J connectivity index is 3.46. The third-order valence-corrected chi connectivity index (χ3v) is 7.62. The Morgan fingerprint density at radius 1 is 0.722 bits per heavy atom. The average molecular weight is 766 g/mol. The van der Waals surface area contributed by atoms with Crippen LogP contribution in [0.2, 0.25) is 0 Å². The van der Waals surface area contributed by atoms with Crippen molar-refractivity contribution >= 4 is 35.6 Å². The van der Waals surface area contributed by atoms with E-state index in [4.69, 9.17) is 24.7 Å². The second kappa shape index (κ2) is 21.0. The molecule has 0 aliphatic carbocycles. The second-order valence-electron chi connectivity index (χ2n) is 16.2. The molecule has 1 aromatic carbocycles. The highest BCUT2D eigenvalue weighted by Gasteiger charge is 2.35. The van der Waals surface area contributed by atoms with Crippen LogP contribution in [0.25, 0.3) is 0 Å². The van der Waals surface area contributed by atoms with Crippen LogP contribution in [-0.4, -0.2) is 108 Å². The van der Waals surface area contributed by atoms with Gasteiger partial charge in [-0.15, -0.1) is 0 Å². The van der Waals surface area contributed by atoms with Crippen molar-refractivity contribution < 1.29 is 52.8 Å². The first-order valence-corrected chi connectivity index (χ1v) is 18.1. The van der Waals surface area contributed by atoms with E-state index in [0.29, 0.717) is 17.7 Å². The predicted molar refractivity (Wildman–Crippen MR) is 201 cm³/mol. The van der Waals surface area contributed by atoms with Gasteiger partial charge in [0.1, 0.15) is 35.1 Å². The van der Waals surface area contributed by atoms with Crippen LogP contribution in [0.5, 0.6) is 5.75 Å². The van der Waals surface area contributed by atoms with Gasteiger partial charge in [-0.1, -0.05) is 32.4 Å². The van der Waals surface area contributed by atoms with Gasteiger partial charge in [0, 0.05) is 13.5 Å². The summed E-state index contributed by atoms with van der Waals surface area (Å²) in [6, 6.07) is 0.318. The smallest absolute Gasteiger partial charge is 0.328 e. The van der Waals surface area contributed by atoms with E-state index in [1.807, 2.05) is 20.8 Å². The molecule has 0 saturated heterocycles. The number of amides is 4. The summed E-state index contributed by atoms with van der Waals surface area (Å²) in [7, 11) is 1.29. The lowest BCUT2D eigenvalue weighted by Crippen LogP contribution is -2.61. The molecule has 0 aliphatic heterocycles. The van der Waals surface area contributed by atoms with E-state index in [2.05, 4.69) is 21.3 Å². The first-order valence-electron chi connectivity index (χ1n) is 18.1. The van der Waals surface area contributed by atoms with Crippen molar-refractivity contribution in [2.24, 2.45) is 11.7 Å². The van der Waals surface area contributed by atoms with Crippen LogP contribution in [0.3, 0.4) is 0 Å². The van der Waals surface area contributed by atoms with Gasteiger partial charge in [0.15, 0.2) is 6.04 Å². The molecule has 0 heterocycles. The molecule has 6 atom stereocenters. The topological polar surface area (TPSA) is 234 Å². The highest BCUT2D eigenvalue weighted by molar-refractivity contribution is 5.96. The number of ether oxygens (including phenoxy) is 4. The lowest BCUT2D eigenvalue weighted by Gasteiger charge is -2.30. The van der Waals surface area contributed by atoms with Crippen molar-refractivity contribution in [1.82, 2.24) is 21.3 Å². The van der Waals surface area contributed by atoms with Crippen molar-refractivity contribution in [1.29, 1.82) is 0 Å². The summed E-state index contributed by atoms with van der Waals surface area (Å²) in [5.74, 6) is -5.02. The minimum absolute atomic E-state index is 0.0467. The lowest BCUT2D eigenvalue weighted by atomic mass is 9.97. The lowest BCUT2D eigenvalue weighted by molar-refractivity contribution is -0.156. The molecule has 0 unspecified atom stereocenters. The molecule has 16 heteroatoms. The van der Waals surface area contributed by atoms with Crippen LogP contribution in [0, 0.1) is 5.92 Å². The summed E-state index contributed by atoms with van der Waals surface area (Å²) in [5, 5.41) is 19.9. The number of carbonyl (C=O) groups excluding carboxylic acids is 5. The highest BCUT2D eigenvalue weighted by atomic mass is 16.6. The Morgan fingerprint density at radius 2 is 1.26 bits per heavy atom. The van der Waals surface area contributed by atoms with Crippen LogP contribution in [0.4, 0.5) is 0 Å². The van der Waals surface area contributed by atoms with Crippen LogP contribution in [0.15, 0.2) is 24.3 Å². The molecule has 4 amide bonds. The molecule has 7 N–H and O–H groups in total. The first kappa shape index (κ1) is 47.7. The quantitative estimate of drug-likeness (QED) is 0.105. The maximum Gasteiger partial charge on any atom is 0.328 e. The summed E-state index contributed by atoms with van der Waals surface area (Å²) in [6.07, 6.45) is -0.0605. The number of nitrogens with two attached hydrogens (primary N) is 1. The van der Waals surface area contributed by atoms with Gasteiger partial charge >= 0.3 is 11.9 Å². The molecule has 16 nitrogen and oxygen atoms in total. The van der Waals surface area contributed by atoms with E-state index in [-0.39, 0.29) is 19.6 Å². The van der Waals surface area contributed by atoms with Crippen molar-refractivity contribution in [3.05, 3.63) is 29.8 Å².